The zero-order valence-electron chi connectivity index (χ0n) is 40.4. The Morgan fingerprint density at radius 1 is 0.322 bits per heavy atom. The molecular formula is C53H102O6. The summed E-state index contributed by atoms with van der Waals surface area (Å²) in [5, 5.41) is 0. The van der Waals surface area contributed by atoms with Crippen LogP contribution in [0.3, 0.4) is 0 Å². The fraction of sp³-hybridized carbons (Fsp3) is 0.943. The van der Waals surface area contributed by atoms with Crippen molar-refractivity contribution in [2.75, 3.05) is 13.2 Å². The molecule has 0 amide bonds. The first-order valence-corrected chi connectivity index (χ1v) is 26.2. The van der Waals surface area contributed by atoms with Crippen LogP contribution in [0.25, 0.3) is 0 Å². The fourth-order valence-electron chi connectivity index (χ4n) is 7.99. The number of esters is 3. The number of unbranched alkanes of at least 4 members (excludes halogenated alkanes) is 32. The highest BCUT2D eigenvalue weighted by molar-refractivity contribution is 5.71. The van der Waals surface area contributed by atoms with Crippen molar-refractivity contribution in [3.05, 3.63) is 0 Å². The Hall–Kier alpha value is -1.59. The Morgan fingerprint density at radius 3 is 0.831 bits per heavy atom. The van der Waals surface area contributed by atoms with Gasteiger partial charge in [0.25, 0.3) is 0 Å². The molecule has 59 heavy (non-hydrogen) atoms. The van der Waals surface area contributed by atoms with Crippen LogP contribution < -0.4 is 0 Å². The van der Waals surface area contributed by atoms with Crippen molar-refractivity contribution < 1.29 is 28.6 Å². The molecule has 0 aliphatic rings. The zero-order chi connectivity index (χ0) is 43.3. The van der Waals surface area contributed by atoms with Gasteiger partial charge in [0.1, 0.15) is 13.2 Å². The zero-order valence-corrected chi connectivity index (χ0v) is 40.4. The van der Waals surface area contributed by atoms with Gasteiger partial charge in [-0.05, 0) is 31.1 Å². The summed E-state index contributed by atoms with van der Waals surface area (Å²) in [6.07, 6.45) is 46.6. The Labute approximate surface area is 368 Å². The molecule has 0 fully saturated rings. The van der Waals surface area contributed by atoms with E-state index in [1.165, 1.54) is 180 Å². The van der Waals surface area contributed by atoms with E-state index in [0.717, 1.165) is 69.6 Å². The number of hydrogen-bond acceptors (Lipinski definition) is 6. The number of ether oxygens (including phenoxy) is 3. The molecule has 6 heteroatoms. The first kappa shape index (κ1) is 57.4. The van der Waals surface area contributed by atoms with E-state index in [1.54, 1.807) is 0 Å². The van der Waals surface area contributed by atoms with E-state index in [0.29, 0.717) is 19.3 Å². The molecule has 0 aromatic heterocycles. The summed E-state index contributed by atoms with van der Waals surface area (Å²) in [5.74, 6) is 0.809. The van der Waals surface area contributed by atoms with Crippen LogP contribution in [-0.4, -0.2) is 37.2 Å². The Morgan fingerprint density at radius 2 is 0.559 bits per heavy atom. The number of carbonyl (C=O) groups is 3. The van der Waals surface area contributed by atoms with Crippen LogP contribution in [-0.2, 0) is 28.6 Å². The van der Waals surface area contributed by atoms with Crippen molar-refractivity contribution in [3.8, 4) is 0 Å². The summed E-state index contributed by atoms with van der Waals surface area (Å²) in [6, 6.07) is 0. The number of carbonyl (C=O) groups excluding carboxylic acids is 3. The lowest BCUT2D eigenvalue weighted by Crippen LogP contribution is -2.30. The van der Waals surface area contributed by atoms with Gasteiger partial charge in [0.05, 0.1) is 0 Å². The van der Waals surface area contributed by atoms with Gasteiger partial charge in [-0.15, -0.1) is 0 Å². The minimum absolute atomic E-state index is 0.0636. The van der Waals surface area contributed by atoms with Crippen LogP contribution in [0.1, 0.15) is 291 Å². The molecule has 0 N–H and O–H groups in total. The van der Waals surface area contributed by atoms with Crippen molar-refractivity contribution in [1.82, 2.24) is 0 Å². The van der Waals surface area contributed by atoms with Crippen LogP contribution in [0.15, 0.2) is 0 Å². The minimum atomic E-state index is -0.761. The lowest BCUT2D eigenvalue weighted by Gasteiger charge is -2.18. The highest BCUT2D eigenvalue weighted by Gasteiger charge is 2.19. The van der Waals surface area contributed by atoms with Crippen molar-refractivity contribution in [2.45, 2.75) is 298 Å². The first-order chi connectivity index (χ1) is 28.7. The van der Waals surface area contributed by atoms with E-state index in [-0.39, 0.29) is 31.1 Å². The van der Waals surface area contributed by atoms with Gasteiger partial charge >= 0.3 is 17.9 Å². The molecule has 0 unspecified atom stereocenters. The second kappa shape index (κ2) is 45.9. The van der Waals surface area contributed by atoms with Gasteiger partial charge in [-0.3, -0.25) is 14.4 Å². The quantitative estimate of drug-likeness (QED) is 0.0345. The average Bonchev–Trinajstić information content (AvgIpc) is 3.20. The van der Waals surface area contributed by atoms with Crippen LogP contribution in [0.4, 0.5) is 0 Å². The molecule has 350 valence electrons. The molecule has 0 aromatic carbocycles. The fourth-order valence-corrected chi connectivity index (χ4v) is 7.99. The number of rotatable bonds is 47. The predicted octanol–water partition coefficient (Wildman–Crippen LogP) is 16.9. The highest BCUT2D eigenvalue weighted by Crippen LogP contribution is 2.17. The third-order valence-corrected chi connectivity index (χ3v) is 12.0. The van der Waals surface area contributed by atoms with Crippen molar-refractivity contribution in [2.24, 2.45) is 11.8 Å². The third kappa shape index (κ3) is 47.3. The summed E-state index contributed by atoms with van der Waals surface area (Å²) in [7, 11) is 0. The van der Waals surface area contributed by atoms with Gasteiger partial charge in [0.15, 0.2) is 6.10 Å². The molecule has 6 nitrogen and oxygen atoms in total. The lowest BCUT2D eigenvalue weighted by atomic mass is 10.0. The average molecular weight is 835 g/mol. The molecule has 0 saturated heterocycles. The van der Waals surface area contributed by atoms with Crippen LogP contribution >= 0.6 is 0 Å². The lowest BCUT2D eigenvalue weighted by molar-refractivity contribution is -0.167. The smallest absolute Gasteiger partial charge is 0.306 e. The van der Waals surface area contributed by atoms with Crippen molar-refractivity contribution in [1.29, 1.82) is 0 Å². The summed E-state index contributed by atoms with van der Waals surface area (Å²) in [6.45, 7) is 11.4. The molecule has 0 rings (SSSR count). The molecule has 0 saturated carbocycles. The topological polar surface area (TPSA) is 78.9 Å². The SMILES string of the molecule is CCCCCCCCCCCCCC(=O)O[C@@H](COC(=O)CCCCCCCCCCCCCCCCCC(C)C)COC(=O)CCCCCCCCCCCC(C)C. The maximum Gasteiger partial charge on any atom is 0.306 e. The van der Waals surface area contributed by atoms with E-state index in [9.17, 15) is 14.4 Å². The molecule has 0 heterocycles. The largest absolute Gasteiger partial charge is 0.462 e. The Kier molecular flexibility index (Phi) is 44.7. The van der Waals surface area contributed by atoms with Crippen LogP contribution in [0.5, 0.6) is 0 Å². The van der Waals surface area contributed by atoms with E-state index < -0.39 is 6.10 Å². The highest BCUT2D eigenvalue weighted by atomic mass is 16.6. The second-order valence-electron chi connectivity index (χ2n) is 19.1. The summed E-state index contributed by atoms with van der Waals surface area (Å²) in [4.78, 5) is 37.9. The number of hydrogen-bond donors (Lipinski definition) is 0. The molecule has 0 aliphatic heterocycles. The van der Waals surface area contributed by atoms with Gasteiger partial charge in [0, 0.05) is 19.3 Å². The van der Waals surface area contributed by atoms with Crippen molar-refractivity contribution in [3.63, 3.8) is 0 Å². The molecule has 0 spiro atoms. The second-order valence-corrected chi connectivity index (χ2v) is 19.1. The maximum atomic E-state index is 12.8. The molecule has 0 bridgehead atoms. The standard InChI is InChI=1S/C53H102O6/c1-6-7-8-9-10-11-17-24-30-35-40-45-53(56)59-50(47-58-52(55)44-39-34-29-25-20-22-27-32-37-42-49(4)5)46-57-51(54)43-38-33-28-23-19-16-14-12-13-15-18-21-26-31-36-41-48(2)3/h48-50H,6-47H2,1-5H3/t50-/m0/s1. The normalized spacial score (nSPS) is 12.1. The minimum Gasteiger partial charge on any atom is -0.462 e. The van der Waals surface area contributed by atoms with Gasteiger partial charge < -0.3 is 14.2 Å². The van der Waals surface area contributed by atoms with Gasteiger partial charge in [-0.2, -0.15) is 0 Å². The molecule has 0 aromatic rings. The van der Waals surface area contributed by atoms with Gasteiger partial charge in [-0.25, -0.2) is 0 Å². The van der Waals surface area contributed by atoms with E-state index in [1.807, 2.05) is 0 Å². The summed E-state index contributed by atoms with van der Waals surface area (Å²) in [5.41, 5.74) is 0. The third-order valence-electron chi connectivity index (χ3n) is 12.0. The van der Waals surface area contributed by atoms with Crippen molar-refractivity contribution >= 4 is 17.9 Å². The maximum absolute atomic E-state index is 12.8. The summed E-state index contributed by atoms with van der Waals surface area (Å²) < 4.78 is 16.8. The van der Waals surface area contributed by atoms with E-state index in [4.69, 9.17) is 14.2 Å². The van der Waals surface area contributed by atoms with E-state index in [2.05, 4.69) is 34.6 Å². The molecule has 0 radical (unpaired) electrons. The molecule has 0 aliphatic carbocycles. The molecule has 1 atom stereocenters. The van der Waals surface area contributed by atoms with E-state index >= 15 is 0 Å². The Bertz CT molecular complexity index is 900. The molecular weight excluding hydrogens is 733 g/mol. The summed E-state index contributed by atoms with van der Waals surface area (Å²) >= 11 is 0. The Balaban J connectivity index is 4.25. The van der Waals surface area contributed by atoms with Gasteiger partial charge in [-0.1, -0.05) is 253 Å². The van der Waals surface area contributed by atoms with Gasteiger partial charge in [0.2, 0.25) is 0 Å². The monoisotopic (exact) mass is 835 g/mol. The van der Waals surface area contributed by atoms with Crippen LogP contribution in [0.2, 0.25) is 0 Å². The predicted molar refractivity (Wildman–Crippen MR) is 252 cm³/mol. The van der Waals surface area contributed by atoms with Crippen LogP contribution in [0, 0.1) is 11.8 Å². The first-order valence-electron chi connectivity index (χ1n) is 26.2.